The fourth-order valence-corrected chi connectivity index (χ4v) is 1.58. The van der Waals surface area contributed by atoms with Crippen LogP contribution >= 0.6 is 0 Å². The molecule has 1 aliphatic rings. The first kappa shape index (κ1) is 7.47. The van der Waals surface area contributed by atoms with Crippen molar-refractivity contribution in [1.29, 1.82) is 0 Å². The lowest BCUT2D eigenvalue weighted by Gasteiger charge is -2.09. The van der Waals surface area contributed by atoms with E-state index in [1.165, 1.54) is 11.1 Å². The molecule has 0 radical (unpaired) electrons. The van der Waals surface area contributed by atoms with E-state index < -0.39 is 0 Å². The van der Waals surface area contributed by atoms with Crippen LogP contribution in [0.15, 0.2) is 17.3 Å². The molecule has 1 aliphatic heterocycles. The fraction of sp³-hybridized carbons (Fsp3) is 0.400. The van der Waals surface area contributed by atoms with E-state index in [4.69, 9.17) is 0 Å². The van der Waals surface area contributed by atoms with Crippen molar-refractivity contribution in [3.63, 3.8) is 0 Å². The first-order chi connectivity index (χ1) is 5.79. The van der Waals surface area contributed by atoms with Gasteiger partial charge in [-0.05, 0) is 17.5 Å². The summed E-state index contributed by atoms with van der Waals surface area (Å²) in [5.41, 5.74) is 2.70. The first-order valence-corrected chi connectivity index (χ1v) is 4.29. The molecule has 0 atom stereocenters. The number of nitrogens with zero attached hydrogens (tertiary/aromatic N) is 2. The molecule has 62 valence electrons. The second kappa shape index (κ2) is 2.70. The molecular weight excluding hydrogens is 148 g/mol. The van der Waals surface area contributed by atoms with Crippen LogP contribution in [0, 0.1) is 0 Å². The largest absolute Gasteiger partial charge is 0.241 e. The third-order valence-corrected chi connectivity index (χ3v) is 2.20. The minimum Gasteiger partial charge on any atom is -0.241 e. The Balaban J connectivity index is 2.53. The van der Waals surface area contributed by atoms with Gasteiger partial charge in [0, 0.05) is 24.4 Å². The number of fused-ring (bicyclic) bond motifs is 1. The van der Waals surface area contributed by atoms with Crippen LogP contribution in [0.2, 0.25) is 0 Å². The van der Waals surface area contributed by atoms with Crippen molar-refractivity contribution in [2.24, 2.45) is 4.99 Å². The summed E-state index contributed by atoms with van der Waals surface area (Å²) in [7, 11) is 0. The summed E-state index contributed by atoms with van der Waals surface area (Å²) in [4.78, 5) is 8.41. The van der Waals surface area contributed by atoms with Gasteiger partial charge in [0.2, 0.25) is 0 Å². The van der Waals surface area contributed by atoms with Gasteiger partial charge in [-0.15, -0.1) is 0 Å². The summed E-state index contributed by atoms with van der Waals surface area (Å²) in [6, 6.07) is 2.10. The van der Waals surface area contributed by atoms with Crippen LogP contribution in [0.1, 0.15) is 30.9 Å². The van der Waals surface area contributed by atoms with E-state index in [2.05, 4.69) is 29.9 Å². The highest BCUT2D eigenvalue weighted by atomic mass is 14.9. The molecule has 0 fully saturated rings. The normalized spacial score (nSPS) is 13.9. The molecule has 0 aromatic carbocycles. The molecular formula is C10H12N2. The molecule has 0 N–H and O–H groups in total. The van der Waals surface area contributed by atoms with E-state index in [1.54, 1.807) is 0 Å². The molecule has 0 aliphatic carbocycles. The van der Waals surface area contributed by atoms with E-state index in [1.807, 2.05) is 12.4 Å². The topological polar surface area (TPSA) is 25.2 Å². The molecule has 0 saturated carbocycles. The standard InChI is InChI=1S/C10H12N2/c1-7(2)8-3-5-11-10-9(8)4-6-12-10/h3,5-7H,4H2,1-2H3. The molecule has 2 heteroatoms. The molecule has 2 nitrogen and oxygen atoms in total. The van der Waals surface area contributed by atoms with Gasteiger partial charge in [-0.3, -0.25) is 0 Å². The lowest BCUT2D eigenvalue weighted by atomic mass is 9.98. The predicted molar refractivity (Wildman–Crippen MR) is 50.2 cm³/mol. The van der Waals surface area contributed by atoms with Crippen molar-refractivity contribution in [1.82, 2.24) is 4.98 Å². The van der Waals surface area contributed by atoms with Gasteiger partial charge >= 0.3 is 0 Å². The zero-order valence-corrected chi connectivity index (χ0v) is 7.41. The maximum atomic E-state index is 4.21. The molecule has 0 amide bonds. The quantitative estimate of drug-likeness (QED) is 0.619. The highest BCUT2D eigenvalue weighted by molar-refractivity contribution is 5.75. The second-order valence-corrected chi connectivity index (χ2v) is 3.37. The first-order valence-electron chi connectivity index (χ1n) is 4.29. The summed E-state index contributed by atoms with van der Waals surface area (Å²) < 4.78 is 0. The fourth-order valence-electron chi connectivity index (χ4n) is 1.58. The highest BCUT2D eigenvalue weighted by Crippen LogP contribution is 2.28. The predicted octanol–water partition coefficient (Wildman–Crippen LogP) is 2.46. The molecule has 0 saturated heterocycles. The average Bonchev–Trinajstić information content (AvgIpc) is 2.49. The second-order valence-electron chi connectivity index (χ2n) is 3.37. The third-order valence-electron chi connectivity index (χ3n) is 2.20. The van der Waals surface area contributed by atoms with E-state index in [9.17, 15) is 0 Å². The summed E-state index contributed by atoms with van der Waals surface area (Å²) in [6.45, 7) is 4.40. The monoisotopic (exact) mass is 160 g/mol. The number of rotatable bonds is 1. The minimum atomic E-state index is 0.573. The lowest BCUT2D eigenvalue weighted by Crippen LogP contribution is -1.95. The van der Waals surface area contributed by atoms with Crippen LogP contribution in [-0.4, -0.2) is 11.2 Å². The van der Waals surface area contributed by atoms with Crippen LogP contribution in [-0.2, 0) is 6.42 Å². The van der Waals surface area contributed by atoms with Gasteiger partial charge in [0.25, 0.3) is 0 Å². The number of aliphatic imine (C=N–C) groups is 1. The average molecular weight is 160 g/mol. The van der Waals surface area contributed by atoms with Crippen molar-refractivity contribution >= 4 is 12.0 Å². The van der Waals surface area contributed by atoms with Gasteiger partial charge in [-0.25, -0.2) is 9.98 Å². The van der Waals surface area contributed by atoms with Gasteiger partial charge in [-0.2, -0.15) is 0 Å². The Morgan fingerprint density at radius 1 is 1.42 bits per heavy atom. The number of aromatic nitrogens is 1. The molecule has 0 unspecified atom stereocenters. The Labute approximate surface area is 72.4 Å². The van der Waals surface area contributed by atoms with E-state index in [0.717, 1.165) is 12.2 Å². The van der Waals surface area contributed by atoms with Crippen LogP contribution in [0.4, 0.5) is 5.82 Å². The number of pyridine rings is 1. The Hall–Kier alpha value is -1.18. The van der Waals surface area contributed by atoms with Gasteiger partial charge in [0.15, 0.2) is 5.82 Å². The van der Waals surface area contributed by atoms with Gasteiger partial charge < -0.3 is 0 Å². The highest BCUT2D eigenvalue weighted by Gasteiger charge is 2.13. The summed E-state index contributed by atoms with van der Waals surface area (Å²) in [6.07, 6.45) is 4.73. The summed E-state index contributed by atoms with van der Waals surface area (Å²) in [5, 5.41) is 0. The molecule has 1 aromatic rings. The SMILES string of the molecule is CC(C)c1ccnc2c1CC=N2. The molecule has 2 heterocycles. The van der Waals surface area contributed by atoms with Crippen LogP contribution in [0.25, 0.3) is 0 Å². The molecule has 2 rings (SSSR count). The zero-order chi connectivity index (χ0) is 8.55. The summed E-state index contributed by atoms with van der Waals surface area (Å²) in [5.74, 6) is 1.49. The van der Waals surface area contributed by atoms with Crippen molar-refractivity contribution in [2.75, 3.05) is 0 Å². The Morgan fingerprint density at radius 2 is 2.25 bits per heavy atom. The number of hydrogen-bond donors (Lipinski definition) is 0. The zero-order valence-electron chi connectivity index (χ0n) is 7.41. The third kappa shape index (κ3) is 1.04. The van der Waals surface area contributed by atoms with Gasteiger partial charge in [-0.1, -0.05) is 13.8 Å². The molecule has 0 spiro atoms. The lowest BCUT2D eigenvalue weighted by molar-refractivity contribution is 0.851. The van der Waals surface area contributed by atoms with Crippen molar-refractivity contribution in [3.05, 3.63) is 23.4 Å². The molecule has 12 heavy (non-hydrogen) atoms. The van der Waals surface area contributed by atoms with E-state index in [0.29, 0.717) is 5.92 Å². The maximum absolute atomic E-state index is 4.21. The van der Waals surface area contributed by atoms with Crippen LogP contribution < -0.4 is 0 Å². The number of hydrogen-bond acceptors (Lipinski definition) is 2. The van der Waals surface area contributed by atoms with Crippen molar-refractivity contribution < 1.29 is 0 Å². The summed E-state index contributed by atoms with van der Waals surface area (Å²) >= 11 is 0. The maximum Gasteiger partial charge on any atom is 0.155 e. The molecule has 0 bridgehead atoms. The minimum absolute atomic E-state index is 0.573. The Morgan fingerprint density at radius 3 is 3.00 bits per heavy atom. The Bertz CT molecular complexity index is 327. The smallest absolute Gasteiger partial charge is 0.155 e. The van der Waals surface area contributed by atoms with Crippen LogP contribution in [0.5, 0.6) is 0 Å². The van der Waals surface area contributed by atoms with Crippen LogP contribution in [0.3, 0.4) is 0 Å². The van der Waals surface area contributed by atoms with Crippen molar-refractivity contribution in [3.8, 4) is 0 Å². The Kier molecular flexibility index (Phi) is 1.68. The molecule has 1 aromatic heterocycles. The van der Waals surface area contributed by atoms with E-state index in [-0.39, 0.29) is 0 Å². The van der Waals surface area contributed by atoms with Crippen molar-refractivity contribution in [2.45, 2.75) is 26.2 Å². The van der Waals surface area contributed by atoms with Gasteiger partial charge in [0.05, 0.1) is 0 Å². The van der Waals surface area contributed by atoms with Gasteiger partial charge in [0.1, 0.15) is 0 Å². The van der Waals surface area contributed by atoms with E-state index >= 15 is 0 Å².